The van der Waals surface area contributed by atoms with Crippen molar-refractivity contribution < 1.29 is 19.1 Å². The molecule has 2 unspecified atom stereocenters. The van der Waals surface area contributed by atoms with Crippen LogP contribution in [-0.2, 0) is 14.3 Å². The number of ether oxygens (including phenoxy) is 2. The van der Waals surface area contributed by atoms with E-state index >= 15 is 0 Å². The monoisotopic (exact) mass is 255 g/mol. The van der Waals surface area contributed by atoms with E-state index in [1.807, 2.05) is 0 Å². The van der Waals surface area contributed by atoms with Gasteiger partial charge in [0.1, 0.15) is 17.9 Å². The molecule has 0 N–H and O–H groups in total. The minimum absolute atomic E-state index is 0.193. The standard InChI is InChI=1S/C13H21NO4/c1-5-6-10-8-17-9-11(7-15)14(10)12(16)18-13(2,3)4/h5,7,10-11H,1,6,8-9H2,2-4H3. The number of aldehydes is 1. The van der Waals surface area contributed by atoms with Crippen LogP contribution < -0.4 is 0 Å². The van der Waals surface area contributed by atoms with Crippen molar-refractivity contribution in [2.24, 2.45) is 0 Å². The third-order valence-corrected chi connectivity index (χ3v) is 2.55. The second-order valence-corrected chi connectivity index (χ2v) is 5.31. The quantitative estimate of drug-likeness (QED) is 0.569. The van der Waals surface area contributed by atoms with E-state index in [0.29, 0.717) is 13.0 Å². The van der Waals surface area contributed by atoms with Crippen LogP contribution in [0.3, 0.4) is 0 Å². The molecule has 0 saturated carbocycles. The van der Waals surface area contributed by atoms with Crippen molar-refractivity contribution in [3.63, 3.8) is 0 Å². The smallest absolute Gasteiger partial charge is 0.411 e. The lowest BCUT2D eigenvalue weighted by Gasteiger charge is -2.39. The SMILES string of the molecule is C=CCC1COCC(C=O)N1C(=O)OC(C)(C)C. The average Bonchev–Trinajstić information content (AvgIpc) is 2.26. The highest BCUT2D eigenvalue weighted by Crippen LogP contribution is 2.19. The average molecular weight is 255 g/mol. The van der Waals surface area contributed by atoms with E-state index in [0.717, 1.165) is 6.29 Å². The maximum absolute atomic E-state index is 12.1. The van der Waals surface area contributed by atoms with Crippen molar-refractivity contribution in [3.8, 4) is 0 Å². The van der Waals surface area contributed by atoms with Crippen molar-refractivity contribution in [1.29, 1.82) is 0 Å². The van der Waals surface area contributed by atoms with Crippen LogP contribution in [0, 0.1) is 0 Å². The van der Waals surface area contributed by atoms with Gasteiger partial charge in [-0.25, -0.2) is 4.79 Å². The fourth-order valence-electron chi connectivity index (χ4n) is 1.83. The van der Waals surface area contributed by atoms with Crippen LogP contribution in [-0.4, -0.2) is 48.2 Å². The minimum atomic E-state index is -0.585. The number of carbonyl (C=O) groups excluding carboxylic acids is 2. The molecule has 1 heterocycles. The normalized spacial score (nSPS) is 24.5. The van der Waals surface area contributed by atoms with E-state index in [1.54, 1.807) is 26.8 Å². The zero-order chi connectivity index (χ0) is 13.8. The van der Waals surface area contributed by atoms with Gasteiger partial charge in [0.25, 0.3) is 0 Å². The highest BCUT2D eigenvalue weighted by Gasteiger charge is 2.36. The molecular formula is C13H21NO4. The molecular weight excluding hydrogens is 234 g/mol. The Bertz CT molecular complexity index is 321. The van der Waals surface area contributed by atoms with Crippen LogP contribution in [0.25, 0.3) is 0 Å². The van der Waals surface area contributed by atoms with Gasteiger partial charge in [-0.2, -0.15) is 0 Å². The van der Waals surface area contributed by atoms with Crippen molar-refractivity contribution in [1.82, 2.24) is 4.90 Å². The topological polar surface area (TPSA) is 55.8 Å². The van der Waals surface area contributed by atoms with E-state index in [9.17, 15) is 9.59 Å². The van der Waals surface area contributed by atoms with Gasteiger partial charge in [0, 0.05) is 0 Å². The van der Waals surface area contributed by atoms with Gasteiger partial charge in [0.2, 0.25) is 0 Å². The molecule has 0 aromatic heterocycles. The van der Waals surface area contributed by atoms with E-state index in [1.165, 1.54) is 4.90 Å². The highest BCUT2D eigenvalue weighted by molar-refractivity contribution is 5.74. The molecule has 1 amide bonds. The lowest BCUT2D eigenvalue weighted by atomic mass is 10.1. The molecule has 1 rings (SSSR count). The molecule has 2 atom stereocenters. The first-order valence-electron chi connectivity index (χ1n) is 6.04. The largest absolute Gasteiger partial charge is 0.444 e. The number of hydrogen-bond donors (Lipinski definition) is 0. The summed E-state index contributed by atoms with van der Waals surface area (Å²) in [7, 11) is 0. The Morgan fingerprint density at radius 3 is 2.67 bits per heavy atom. The molecule has 0 aliphatic carbocycles. The highest BCUT2D eigenvalue weighted by atomic mass is 16.6. The van der Waals surface area contributed by atoms with Crippen LogP contribution in [0.2, 0.25) is 0 Å². The van der Waals surface area contributed by atoms with Crippen molar-refractivity contribution in [2.75, 3.05) is 13.2 Å². The summed E-state index contributed by atoms with van der Waals surface area (Å²) in [6.07, 6.45) is 2.52. The molecule has 1 aliphatic rings. The molecule has 102 valence electrons. The third-order valence-electron chi connectivity index (χ3n) is 2.55. The van der Waals surface area contributed by atoms with E-state index in [2.05, 4.69) is 6.58 Å². The van der Waals surface area contributed by atoms with Gasteiger partial charge in [0.15, 0.2) is 0 Å². The second-order valence-electron chi connectivity index (χ2n) is 5.31. The predicted molar refractivity (Wildman–Crippen MR) is 67.3 cm³/mol. The van der Waals surface area contributed by atoms with Gasteiger partial charge in [-0.1, -0.05) is 6.08 Å². The number of morpholine rings is 1. The van der Waals surface area contributed by atoms with E-state index in [-0.39, 0.29) is 12.6 Å². The first kappa shape index (κ1) is 14.7. The molecule has 0 spiro atoms. The Balaban J connectivity index is 2.84. The van der Waals surface area contributed by atoms with Gasteiger partial charge in [-0.3, -0.25) is 4.90 Å². The summed E-state index contributed by atoms with van der Waals surface area (Å²) in [5.41, 5.74) is -0.582. The minimum Gasteiger partial charge on any atom is -0.444 e. The summed E-state index contributed by atoms with van der Waals surface area (Å²) in [5.74, 6) is 0. The van der Waals surface area contributed by atoms with E-state index in [4.69, 9.17) is 9.47 Å². The van der Waals surface area contributed by atoms with Crippen LogP contribution in [0.1, 0.15) is 27.2 Å². The Hall–Kier alpha value is -1.36. The Kier molecular flexibility index (Phi) is 4.90. The summed E-state index contributed by atoms with van der Waals surface area (Å²) in [4.78, 5) is 24.6. The molecule has 0 radical (unpaired) electrons. The number of amides is 1. The fourth-order valence-corrected chi connectivity index (χ4v) is 1.83. The van der Waals surface area contributed by atoms with Crippen molar-refractivity contribution >= 4 is 12.4 Å². The number of hydrogen-bond acceptors (Lipinski definition) is 4. The van der Waals surface area contributed by atoms with Gasteiger partial charge in [-0.05, 0) is 27.2 Å². The number of rotatable bonds is 3. The van der Waals surface area contributed by atoms with Crippen LogP contribution >= 0.6 is 0 Å². The summed E-state index contributed by atoms with van der Waals surface area (Å²) in [6, 6.07) is -0.778. The maximum Gasteiger partial charge on any atom is 0.411 e. The molecule has 5 nitrogen and oxygen atoms in total. The Labute approximate surface area is 108 Å². The maximum atomic E-state index is 12.1. The van der Waals surface area contributed by atoms with Crippen LogP contribution in [0.15, 0.2) is 12.7 Å². The number of nitrogens with zero attached hydrogens (tertiary/aromatic N) is 1. The molecule has 5 heteroatoms. The zero-order valence-corrected chi connectivity index (χ0v) is 11.2. The molecule has 0 aromatic rings. The zero-order valence-electron chi connectivity index (χ0n) is 11.2. The molecule has 0 aromatic carbocycles. The Morgan fingerprint density at radius 2 is 2.17 bits per heavy atom. The second kappa shape index (κ2) is 6.00. The lowest BCUT2D eigenvalue weighted by molar-refractivity contribution is -0.121. The molecule has 1 saturated heterocycles. The third kappa shape index (κ3) is 3.84. The summed E-state index contributed by atoms with van der Waals surface area (Å²) < 4.78 is 10.6. The summed E-state index contributed by atoms with van der Waals surface area (Å²) in [5, 5.41) is 0. The lowest BCUT2D eigenvalue weighted by Crippen LogP contribution is -2.56. The Morgan fingerprint density at radius 1 is 1.50 bits per heavy atom. The van der Waals surface area contributed by atoms with Gasteiger partial charge in [0.05, 0.1) is 19.3 Å². The molecule has 0 bridgehead atoms. The van der Waals surface area contributed by atoms with Crippen molar-refractivity contribution in [2.45, 2.75) is 44.9 Å². The summed E-state index contributed by atoms with van der Waals surface area (Å²) in [6.45, 7) is 9.65. The van der Waals surface area contributed by atoms with Gasteiger partial charge < -0.3 is 14.3 Å². The molecule has 1 fully saturated rings. The van der Waals surface area contributed by atoms with Crippen molar-refractivity contribution in [3.05, 3.63) is 12.7 Å². The number of carbonyl (C=O) groups is 2. The first-order chi connectivity index (χ1) is 8.39. The van der Waals surface area contributed by atoms with Gasteiger partial charge >= 0.3 is 6.09 Å². The predicted octanol–water partition coefficient (Wildman–Crippen LogP) is 1.77. The first-order valence-corrected chi connectivity index (χ1v) is 6.04. The molecule has 18 heavy (non-hydrogen) atoms. The van der Waals surface area contributed by atoms with Gasteiger partial charge in [-0.15, -0.1) is 6.58 Å². The fraction of sp³-hybridized carbons (Fsp3) is 0.692. The van der Waals surface area contributed by atoms with Crippen LogP contribution in [0.4, 0.5) is 4.79 Å². The van der Waals surface area contributed by atoms with Crippen LogP contribution in [0.5, 0.6) is 0 Å². The van der Waals surface area contributed by atoms with E-state index < -0.39 is 17.7 Å². The molecule has 1 aliphatic heterocycles. The summed E-state index contributed by atoms with van der Waals surface area (Å²) >= 11 is 0.